The van der Waals surface area contributed by atoms with E-state index < -0.39 is 53.6 Å². The molecule has 140 valence electrons. The SMILES string of the molecule is CCC(CO)NC(=O)C(=O)Nc1cc(C(F)(F)F)cc(C(F)(F)F)c1. The number of anilines is 1. The quantitative estimate of drug-likeness (QED) is 0.562. The van der Waals surface area contributed by atoms with Gasteiger partial charge in [0.2, 0.25) is 0 Å². The summed E-state index contributed by atoms with van der Waals surface area (Å²) in [5.41, 5.74) is -4.08. The van der Waals surface area contributed by atoms with Gasteiger partial charge in [-0.3, -0.25) is 9.59 Å². The molecule has 0 heterocycles. The topological polar surface area (TPSA) is 78.4 Å². The summed E-state index contributed by atoms with van der Waals surface area (Å²) in [7, 11) is 0. The van der Waals surface area contributed by atoms with Gasteiger partial charge in [-0.25, -0.2) is 0 Å². The van der Waals surface area contributed by atoms with Crippen molar-refractivity contribution in [2.75, 3.05) is 11.9 Å². The van der Waals surface area contributed by atoms with Crippen LogP contribution < -0.4 is 10.6 Å². The molecule has 0 radical (unpaired) electrons. The van der Waals surface area contributed by atoms with Crippen LogP contribution in [0.5, 0.6) is 0 Å². The van der Waals surface area contributed by atoms with Gasteiger partial charge in [-0.15, -0.1) is 0 Å². The highest BCUT2D eigenvalue weighted by Gasteiger charge is 2.37. The number of nitrogens with one attached hydrogen (secondary N) is 2. The minimum atomic E-state index is -5.08. The molecule has 0 bridgehead atoms. The standard InChI is InChI=1S/C14H14F6N2O3/c1-2-9(6-23)21-11(24)12(25)22-10-4-7(13(15,16)17)3-8(5-10)14(18,19)20/h3-5,9,23H,2,6H2,1H3,(H,21,24)(H,22,25). The maximum Gasteiger partial charge on any atom is 0.416 e. The summed E-state index contributed by atoms with van der Waals surface area (Å²) < 4.78 is 76.3. The van der Waals surface area contributed by atoms with Gasteiger partial charge in [0.15, 0.2) is 0 Å². The zero-order chi connectivity index (χ0) is 19.4. The first kappa shape index (κ1) is 20.7. The Balaban J connectivity index is 3.08. The number of benzene rings is 1. The Bertz CT molecular complexity index is 606. The molecule has 0 saturated heterocycles. The molecule has 0 saturated carbocycles. The van der Waals surface area contributed by atoms with Crippen LogP contribution >= 0.6 is 0 Å². The fourth-order valence-electron chi connectivity index (χ4n) is 1.74. The Hall–Kier alpha value is -2.30. The predicted octanol–water partition coefficient (Wildman–Crippen LogP) is 2.55. The summed E-state index contributed by atoms with van der Waals surface area (Å²) in [6.07, 6.45) is -9.89. The molecule has 0 spiro atoms. The smallest absolute Gasteiger partial charge is 0.394 e. The molecule has 5 nitrogen and oxygen atoms in total. The summed E-state index contributed by atoms with van der Waals surface area (Å²) in [6, 6.07) is -0.312. The number of carbonyl (C=O) groups is 2. The van der Waals surface area contributed by atoms with Crippen molar-refractivity contribution in [3.05, 3.63) is 29.3 Å². The molecule has 0 fully saturated rings. The molecule has 0 aliphatic carbocycles. The van der Waals surface area contributed by atoms with Crippen molar-refractivity contribution in [1.29, 1.82) is 0 Å². The zero-order valence-corrected chi connectivity index (χ0v) is 12.8. The highest BCUT2D eigenvalue weighted by molar-refractivity contribution is 6.39. The molecule has 0 aliphatic heterocycles. The maximum atomic E-state index is 12.7. The molecule has 3 N–H and O–H groups in total. The van der Waals surface area contributed by atoms with Gasteiger partial charge in [-0.2, -0.15) is 26.3 Å². The number of alkyl halides is 6. The van der Waals surface area contributed by atoms with Crippen molar-refractivity contribution in [3.8, 4) is 0 Å². The molecular formula is C14H14F6N2O3. The molecular weight excluding hydrogens is 358 g/mol. The van der Waals surface area contributed by atoms with Gasteiger partial charge in [0.1, 0.15) is 0 Å². The number of hydrogen-bond donors (Lipinski definition) is 3. The molecule has 2 amide bonds. The Morgan fingerprint density at radius 3 is 1.84 bits per heavy atom. The van der Waals surface area contributed by atoms with Gasteiger partial charge in [-0.05, 0) is 24.6 Å². The Labute approximate surface area is 138 Å². The van der Waals surface area contributed by atoms with Gasteiger partial charge >= 0.3 is 24.2 Å². The van der Waals surface area contributed by atoms with Crippen molar-refractivity contribution in [2.24, 2.45) is 0 Å². The zero-order valence-electron chi connectivity index (χ0n) is 12.8. The Morgan fingerprint density at radius 1 is 1.00 bits per heavy atom. The molecule has 0 aromatic heterocycles. The first-order valence-corrected chi connectivity index (χ1v) is 6.90. The van der Waals surface area contributed by atoms with Crippen molar-refractivity contribution in [3.63, 3.8) is 0 Å². The van der Waals surface area contributed by atoms with E-state index in [1.807, 2.05) is 0 Å². The third kappa shape index (κ3) is 5.93. The average Bonchev–Trinajstić information content (AvgIpc) is 2.50. The number of aliphatic hydroxyl groups excluding tert-OH is 1. The molecule has 0 aliphatic rings. The minimum Gasteiger partial charge on any atom is -0.394 e. The van der Waals surface area contributed by atoms with Gasteiger partial charge in [0, 0.05) is 5.69 Å². The number of halogens is 6. The van der Waals surface area contributed by atoms with Crippen LogP contribution in [0.2, 0.25) is 0 Å². The highest BCUT2D eigenvalue weighted by Crippen LogP contribution is 2.37. The molecule has 1 aromatic rings. The van der Waals surface area contributed by atoms with E-state index in [4.69, 9.17) is 5.11 Å². The number of amides is 2. The highest BCUT2D eigenvalue weighted by atomic mass is 19.4. The number of aliphatic hydroxyl groups is 1. The third-order valence-corrected chi connectivity index (χ3v) is 3.10. The largest absolute Gasteiger partial charge is 0.416 e. The van der Waals surface area contributed by atoms with Crippen LogP contribution in [0.4, 0.5) is 32.0 Å². The second-order valence-electron chi connectivity index (χ2n) is 5.01. The second kappa shape index (κ2) is 7.72. The lowest BCUT2D eigenvalue weighted by atomic mass is 10.1. The first-order chi connectivity index (χ1) is 11.4. The fourth-order valence-corrected chi connectivity index (χ4v) is 1.74. The van der Waals surface area contributed by atoms with Crippen molar-refractivity contribution < 1.29 is 41.0 Å². The van der Waals surface area contributed by atoms with Crippen LogP contribution in [0.3, 0.4) is 0 Å². The molecule has 1 atom stereocenters. The summed E-state index contributed by atoms with van der Waals surface area (Å²) >= 11 is 0. The van der Waals surface area contributed by atoms with Gasteiger partial charge in [0.05, 0.1) is 23.8 Å². The van der Waals surface area contributed by atoms with Crippen LogP contribution in [0.15, 0.2) is 18.2 Å². The lowest BCUT2D eigenvalue weighted by molar-refractivity contribution is -0.143. The number of carbonyl (C=O) groups excluding carboxylic acids is 2. The van der Waals surface area contributed by atoms with Gasteiger partial charge < -0.3 is 15.7 Å². The van der Waals surface area contributed by atoms with Crippen LogP contribution in [0.25, 0.3) is 0 Å². The molecule has 1 aromatic carbocycles. The summed E-state index contributed by atoms with van der Waals surface area (Å²) in [5, 5.41) is 12.7. The van der Waals surface area contributed by atoms with E-state index in [-0.39, 0.29) is 24.6 Å². The van der Waals surface area contributed by atoms with Crippen LogP contribution in [0, 0.1) is 0 Å². The Kier molecular flexibility index (Phi) is 6.41. The third-order valence-electron chi connectivity index (χ3n) is 3.10. The van der Waals surface area contributed by atoms with E-state index in [2.05, 4.69) is 5.32 Å². The van der Waals surface area contributed by atoms with Gasteiger partial charge in [0.25, 0.3) is 0 Å². The van der Waals surface area contributed by atoms with Gasteiger partial charge in [-0.1, -0.05) is 6.92 Å². The van der Waals surface area contributed by atoms with E-state index in [9.17, 15) is 35.9 Å². The average molecular weight is 372 g/mol. The van der Waals surface area contributed by atoms with E-state index in [1.54, 1.807) is 12.2 Å². The first-order valence-electron chi connectivity index (χ1n) is 6.90. The molecule has 25 heavy (non-hydrogen) atoms. The fraction of sp³-hybridized carbons (Fsp3) is 0.429. The molecule has 11 heteroatoms. The van der Waals surface area contributed by atoms with E-state index in [1.165, 1.54) is 0 Å². The lowest BCUT2D eigenvalue weighted by Crippen LogP contribution is -2.43. The summed E-state index contributed by atoms with van der Waals surface area (Å²) in [4.78, 5) is 23.2. The van der Waals surface area contributed by atoms with Crippen LogP contribution in [-0.4, -0.2) is 29.6 Å². The number of rotatable bonds is 4. The number of hydrogen-bond acceptors (Lipinski definition) is 3. The Morgan fingerprint density at radius 2 is 1.48 bits per heavy atom. The molecule has 1 unspecified atom stereocenters. The van der Waals surface area contributed by atoms with Crippen molar-refractivity contribution in [1.82, 2.24) is 5.32 Å². The normalized spacial score (nSPS) is 13.3. The van der Waals surface area contributed by atoms with Crippen molar-refractivity contribution in [2.45, 2.75) is 31.7 Å². The monoisotopic (exact) mass is 372 g/mol. The van der Waals surface area contributed by atoms with Crippen LogP contribution in [0.1, 0.15) is 24.5 Å². The maximum absolute atomic E-state index is 12.7. The minimum absolute atomic E-state index is 0.103. The summed E-state index contributed by atoms with van der Waals surface area (Å²) in [5.74, 6) is -2.76. The second-order valence-corrected chi connectivity index (χ2v) is 5.01. The van der Waals surface area contributed by atoms with Crippen LogP contribution in [-0.2, 0) is 21.9 Å². The predicted molar refractivity (Wildman–Crippen MR) is 74.4 cm³/mol. The van der Waals surface area contributed by atoms with E-state index in [0.717, 1.165) is 0 Å². The summed E-state index contributed by atoms with van der Waals surface area (Å²) in [6.45, 7) is 1.10. The van der Waals surface area contributed by atoms with E-state index >= 15 is 0 Å². The molecule has 1 rings (SSSR count). The van der Waals surface area contributed by atoms with E-state index in [0.29, 0.717) is 0 Å². The van der Waals surface area contributed by atoms with Crippen molar-refractivity contribution >= 4 is 17.5 Å². The lowest BCUT2D eigenvalue weighted by Gasteiger charge is -2.16.